The summed E-state index contributed by atoms with van der Waals surface area (Å²) >= 11 is 6.32. The molecule has 0 aliphatic rings. The second kappa shape index (κ2) is 9.25. The summed E-state index contributed by atoms with van der Waals surface area (Å²) in [7, 11) is 1.68. The number of hydrogen-bond acceptors (Lipinski definition) is 4. The van der Waals surface area contributed by atoms with Crippen molar-refractivity contribution in [3.63, 3.8) is 0 Å². The fraction of sp³-hybridized carbons (Fsp3) is 0.190. The lowest BCUT2D eigenvalue weighted by molar-refractivity contribution is 0.0528. The Kier molecular flexibility index (Phi) is 6.51. The van der Waals surface area contributed by atoms with Crippen molar-refractivity contribution >= 4 is 29.4 Å². The molecular weight excluding hydrogens is 392 g/mol. The van der Waals surface area contributed by atoms with Gasteiger partial charge in [-0.3, -0.25) is 10.00 Å². The van der Waals surface area contributed by atoms with Gasteiger partial charge in [-0.15, -0.1) is 0 Å². The second-order valence-corrected chi connectivity index (χ2v) is 6.60. The third-order valence-electron chi connectivity index (χ3n) is 4.18. The van der Waals surface area contributed by atoms with Crippen LogP contribution in [0.15, 0.2) is 54.6 Å². The molecule has 0 bridgehead atoms. The van der Waals surface area contributed by atoms with Crippen LogP contribution in [-0.4, -0.2) is 28.4 Å². The number of nitrogens with zero attached hydrogens (tertiary/aromatic N) is 2. The summed E-state index contributed by atoms with van der Waals surface area (Å²) in [6, 6.07) is 16.1. The molecule has 1 aromatic heterocycles. The number of carbonyl (C=O) groups is 2. The summed E-state index contributed by atoms with van der Waals surface area (Å²) in [5.74, 6) is -0.486. The number of benzene rings is 2. The molecule has 0 aliphatic heterocycles. The van der Waals surface area contributed by atoms with Crippen LogP contribution in [0.3, 0.4) is 0 Å². The van der Waals surface area contributed by atoms with E-state index in [1.807, 2.05) is 36.4 Å². The van der Waals surface area contributed by atoms with E-state index < -0.39 is 12.0 Å². The number of halogens is 1. The quantitative estimate of drug-likeness (QED) is 0.593. The van der Waals surface area contributed by atoms with Gasteiger partial charge < -0.3 is 10.1 Å². The van der Waals surface area contributed by atoms with E-state index >= 15 is 0 Å². The molecule has 29 heavy (non-hydrogen) atoms. The largest absolute Gasteiger partial charge is 0.462 e. The molecule has 0 radical (unpaired) electrons. The molecule has 0 atom stereocenters. The van der Waals surface area contributed by atoms with E-state index in [0.717, 1.165) is 5.56 Å². The standard InChI is InChI=1S/C21H21ClN4O3/c1-3-29-20(27)17-18(15-11-7-8-12-16(15)22)26(2)25-19(17)24-21(28)23-13-14-9-5-4-6-10-14/h4-12H,3,13H2,1-2H3,(H2,23,24,25,28). The molecule has 0 saturated heterocycles. The number of amides is 2. The molecule has 0 aliphatic carbocycles. The fourth-order valence-electron chi connectivity index (χ4n) is 2.90. The monoisotopic (exact) mass is 412 g/mol. The zero-order valence-corrected chi connectivity index (χ0v) is 16.9. The van der Waals surface area contributed by atoms with Gasteiger partial charge in [-0.05, 0) is 18.6 Å². The maximum atomic E-state index is 12.7. The highest BCUT2D eigenvalue weighted by atomic mass is 35.5. The fourth-order valence-corrected chi connectivity index (χ4v) is 3.13. The summed E-state index contributed by atoms with van der Waals surface area (Å²) in [4.78, 5) is 25.0. The maximum Gasteiger partial charge on any atom is 0.344 e. The van der Waals surface area contributed by atoms with Crippen LogP contribution in [0.4, 0.5) is 10.6 Å². The summed E-state index contributed by atoms with van der Waals surface area (Å²) in [5, 5.41) is 10.2. The first kappa shape index (κ1) is 20.4. The zero-order valence-electron chi connectivity index (χ0n) is 16.1. The highest BCUT2D eigenvalue weighted by Gasteiger charge is 2.27. The first-order valence-corrected chi connectivity index (χ1v) is 9.46. The predicted molar refractivity (Wildman–Crippen MR) is 112 cm³/mol. The van der Waals surface area contributed by atoms with E-state index in [-0.39, 0.29) is 18.0 Å². The van der Waals surface area contributed by atoms with E-state index in [9.17, 15) is 9.59 Å². The Balaban J connectivity index is 1.90. The number of hydrogen-bond donors (Lipinski definition) is 2. The molecular formula is C21H21ClN4O3. The van der Waals surface area contributed by atoms with E-state index in [4.69, 9.17) is 16.3 Å². The van der Waals surface area contributed by atoms with Crippen molar-refractivity contribution in [1.29, 1.82) is 0 Å². The molecule has 1 heterocycles. The Labute approximate surface area is 173 Å². The van der Waals surface area contributed by atoms with E-state index in [0.29, 0.717) is 22.8 Å². The molecule has 2 amide bonds. The minimum atomic E-state index is -0.589. The number of rotatable bonds is 6. The molecule has 0 spiro atoms. The minimum absolute atomic E-state index is 0.103. The third kappa shape index (κ3) is 4.75. The second-order valence-electron chi connectivity index (χ2n) is 6.19. The topological polar surface area (TPSA) is 85.2 Å². The molecule has 150 valence electrons. The molecule has 0 saturated carbocycles. The van der Waals surface area contributed by atoms with Crippen molar-refractivity contribution in [2.24, 2.45) is 7.05 Å². The molecule has 3 aromatic rings. The first-order chi connectivity index (χ1) is 14.0. The maximum absolute atomic E-state index is 12.7. The van der Waals surface area contributed by atoms with Crippen LogP contribution in [0, 0.1) is 0 Å². The summed E-state index contributed by atoms with van der Waals surface area (Å²) in [6.07, 6.45) is 0. The molecule has 7 nitrogen and oxygen atoms in total. The number of nitrogens with one attached hydrogen (secondary N) is 2. The number of urea groups is 1. The van der Waals surface area contributed by atoms with Gasteiger partial charge >= 0.3 is 12.0 Å². The Hall–Kier alpha value is -3.32. The molecule has 8 heteroatoms. The molecule has 0 fully saturated rings. The highest BCUT2D eigenvalue weighted by Crippen LogP contribution is 2.34. The number of aryl methyl sites for hydroxylation is 1. The van der Waals surface area contributed by atoms with Crippen molar-refractivity contribution in [2.45, 2.75) is 13.5 Å². The molecule has 0 unspecified atom stereocenters. The Morgan fingerprint density at radius 2 is 1.79 bits per heavy atom. The van der Waals surface area contributed by atoms with Crippen molar-refractivity contribution in [1.82, 2.24) is 15.1 Å². The van der Waals surface area contributed by atoms with Gasteiger partial charge in [0.25, 0.3) is 0 Å². The summed E-state index contributed by atoms with van der Waals surface area (Å²) < 4.78 is 6.69. The van der Waals surface area contributed by atoms with Gasteiger partial charge in [-0.1, -0.05) is 60.1 Å². The van der Waals surface area contributed by atoms with Crippen molar-refractivity contribution < 1.29 is 14.3 Å². The highest BCUT2D eigenvalue weighted by molar-refractivity contribution is 6.33. The van der Waals surface area contributed by atoms with Crippen LogP contribution >= 0.6 is 11.6 Å². The van der Waals surface area contributed by atoms with E-state index in [1.165, 1.54) is 4.68 Å². The summed E-state index contributed by atoms with van der Waals surface area (Å²) in [5.41, 5.74) is 2.18. The van der Waals surface area contributed by atoms with Crippen LogP contribution in [-0.2, 0) is 18.3 Å². The molecule has 2 aromatic carbocycles. The van der Waals surface area contributed by atoms with Crippen LogP contribution in [0.1, 0.15) is 22.8 Å². The number of ether oxygens (including phenoxy) is 1. The van der Waals surface area contributed by atoms with Crippen LogP contribution < -0.4 is 10.6 Å². The molecule has 3 rings (SSSR count). The van der Waals surface area contributed by atoms with Gasteiger partial charge in [0.05, 0.1) is 12.3 Å². The van der Waals surface area contributed by atoms with Gasteiger partial charge in [0.1, 0.15) is 5.56 Å². The van der Waals surface area contributed by atoms with Gasteiger partial charge in [0.15, 0.2) is 5.82 Å². The zero-order chi connectivity index (χ0) is 20.8. The number of carbonyl (C=O) groups excluding carboxylic acids is 2. The van der Waals surface area contributed by atoms with Gasteiger partial charge in [0.2, 0.25) is 0 Å². The minimum Gasteiger partial charge on any atom is -0.462 e. The summed E-state index contributed by atoms with van der Waals surface area (Å²) in [6.45, 7) is 2.24. The van der Waals surface area contributed by atoms with E-state index in [1.54, 1.807) is 32.2 Å². The van der Waals surface area contributed by atoms with Crippen molar-refractivity contribution in [2.75, 3.05) is 11.9 Å². The van der Waals surface area contributed by atoms with Gasteiger partial charge in [0, 0.05) is 24.2 Å². The van der Waals surface area contributed by atoms with Crippen molar-refractivity contribution in [3.8, 4) is 11.3 Å². The van der Waals surface area contributed by atoms with E-state index in [2.05, 4.69) is 15.7 Å². The lowest BCUT2D eigenvalue weighted by Gasteiger charge is -2.09. The Bertz CT molecular complexity index is 1020. The number of anilines is 1. The van der Waals surface area contributed by atoms with Gasteiger partial charge in [-0.25, -0.2) is 9.59 Å². The number of aromatic nitrogens is 2. The van der Waals surface area contributed by atoms with Gasteiger partial charge in [-0.2, -0.15) is 5.10 Å². The SMILES string of the molecule is CCOC(=O)c1c(NC(=O)NCc2ccccc2)nn(C)c1-c1ccccc1Cl. The molecule has 2 N–H and O–H groups in total. The Morgan fingerprint density at radius 3 is 2.48 bits per heavy atom. The smallest absolute Gasteiger partial charge is 0.344 e. The van der Waals surface area contributed by atoms with Crippen LogP contribution in [0.25, 0.3) is 11.3 Å². The van der Waals surface area contributed by atoms with Crippen LogP contribution in [0.5, 0.6) is 0 Å². The average molecular weight is 413 g/mol. The van der Waals surface area contributed by atoms with Crippen molar-refractivity contribution in [3.05, 3.63) is 70.7 Å². The van der Waals surface area contributed by atoms with Crippen LogP contribution in [0.2, 0.25) is 5.02 Å². The lowest BCUT2D eigenvalue weighted by atomic mass is 10.1. The normalized spacial score (nSPS) is 10.4. The first-order valence-electron chi connectivity index (χ1n) is 9.09. The predicted octanol–water partition coefficient (Wildman–Crippen LogP) is 4.24. The average Bonchev–Trinajstić information content (AvgIpc) is 3.03. The number of esters is 1. The third-order valence-corrected chi connectivity index (χ3v) is 4.51. The lowest BCUT2D eigenvalue weighted by Crippen LogP contribution is -2.29. The Morgan fingerprint density at radius 1 is 1.10 bits per heavy atom.